The number of esters is 1. The summed E-state index contributed by atoms with van der Waals surface area (Å²) in [6, 6.07) is 11.2. The highest BCUT2D eigenvalue weighted by Crippen LogP contribution is 2.23. The molecule has 4 nitrogen and oxygen atoms in total. The van der Waals surface area contributed by atoms with E-state index in [9.17, 15) is 14.0 Å². The van der Waals surface area contributed by atoms with Gasteiger partial charge in [0.1, 0.15) is 11.4 Å². The van der Waals surface area contributed by atoms with Gasteiger partial charge >= 0.3 is 5.97 Å². The number of hydrogen-bond donors (Lipinski definition) is 1. The minimum Gasteiger partial charge on any atom is -0.452 e. The smallest absolute Gasteiger partial charge is 0.343 e. The molecular formula is C19H19ClFNO3. The number of ether oxygens (including phenoxy) is 1. The topological polar surface area (TPSA) is 55.4 Å². The van der Waals surface area contributed by atoms with Crippen LogP contribution >= 0.6 is 11.6 Å². The number of carbonyl (C=O) groups excluding carboxylic acids is 2. The Morgan fingerprint density at radius 2 is 1.76 bits per heavy atom. The molecule has 0 unspecified atom stereocenters. The highest BCUT2D eigenvalue weighted by molar-refractivity contribution is 6.33. The zero-order valence-electron chi connectivity index (χ0n) is 14.2. The van der Waals surface area contributed by atoms with Gasteiger partial charge in [0, 0.05) is 5.69 Å². The van der Waals surface area contributed by atoms with Gasteiger partial charge < -0.3 is 10.1 Å². The predicted molar refractivity (Wildman–Crippen MR) is 95.5 cm³/mol. The predicted octanol–water partition coefficient (Wildman–Crippen LogP) is 4.57. The van der Waals surface area contributed by atoms with E-state index in [1.54, 1.807) is 12.1 Å². The van der Waals surface area contributed by atoms with E-state index in [1.807, 2.05) is 12.1 Å². The van der Waals surface area contributed by atoms with Crippen LogP contribution in [0.3, 0.4) is 0 Å². The van der Waals surface area contributed by atoms with Crippen LogP contribution in [0.2, 0.25) is 5.02 Å². The molecule has 0 radical (unpaired) electrons. The van der Waals surface area contributed by atoms with E-state index in [-0.39, 0.29) is 16.0 Å². The van der Waals surface area contributed by atoms with Gasteiger partial charge in [-0.05, 0) is 35.2 Å². The first kappa shape index (κ1) is 18.9. The number of anilines is 1. The lowest BCUT2D eigenvalue weighted by molar-refractivity contribution is -0.119. The number of halogens is 2. The summed E-state index contributed by atoms with van der Waals surface area (Å²) in [5.74, 6) is -2.30. The summed E-state index contributed by atoms with van der Waals surface area (Å²) in [5, 5.41) is 2.55. The van der Waals surface area contributed by atoms with Crippen LogP contribution in [-0.4, -0.2) is 18.5 Å². The third kappa shape index (κ3) is 5.03. The van der Waals surface area contributed by atoms with E-state index in [0.717, 1.165) is 11.6 Å². The van der Waals surface area contributed by atoms with E-state index in [1.165, 1.54) is 12.1 Å². The van der Waals surface area contributed by atoms with Gasteiger partial charge in [-0.3, -0.25) is 4.79 Å². The summed E-state index contributed by atoms with van der Waals surface area (Å²) in [6.07, 6.45) is 0. The largest absolute Gasteiger partial charge is 0.452 e. The Bertz CT molecular complexity index is 762. The molecule has 132 valence electrons. The number of nitrogens with one attached hydrogen (secondary N) is 1. The molecule has 6 heteroatoms. The third-order valence-electron chi connectivity index (χ3n) is 3.54. The van der Waals surface area contributed by atoms with Crippen LogP contribution in [0.25, 0.3) is 0 Å². The van der Waals surface area contributed by atoms with Crippen molar-refractivity contribution in [2.75, 3.05) is 11.9 Å². The van der Waals surface area contributed by atoms with E-state index in [0.29, 0.717) is 5.69 Å². The minimum absolute atomic E-state index is 0.0110. The van der Waals surface area contributed by atoms with E-state index in [2.05, 4.69) is 26.1 Å². The number of carbonyl (C=O) groups is 2. The fourth-order valence-electron chi connectivity index (χ4n) is 2.15. The van der Waals surface area contributed by atoms with Gasteiger partial charge in [0.05, 0.1) is 5.02 Å². The van der Waals surface area contributed by atoms with Crippen LogP contribution in [0.5, 0.6) is 0 Å². The van der Waals surface area contributed by atoms with E-state index in [4.69, 9.17) is 16.3 Å². The van der Waals surface area contributed by atoms with Crippen molar-refractivity contribution < 1.29 is 18.7 Å². The average molecular weight is 364 g/mol. The molecule has 0 bridgehead atoms. The van der Waals surface area contributed by atoms with Crippen LogP contribution in [-0.2, 0) is 14.9 Å². The molecule has 0 saturated heterocycles. The molecule has 2 aromatic carbocycles. The van der Waals surface area contributed by atoms with Crippen molar-refractivity contribution in [3.63, 3.8) is 0 Å². The first-order chi connectivity index (χ1) is 11.7. The number of amides is 1. The van der Waals surface area contributed by atoms with Gasteiger partial charge in [0.25, 0.3) is 5.91 Å². The maximum atomic E-state index is 13.6. The second kappa shape index (κ2) is 7.66. The Morgan fingerprint density at radius 3 is 2.32 bits per heavy atom. The van der Waals surface area contributed by atoms with Crippen LogP contribution in [0.15, 0.2) is 42.5 Å². The highest BCUT2D eigenvalue weighted by Gasteiger charge is 2.18. The summed E-state index contributed by atoms with van der Waals surface area (Å²) < 4.78 is 18.4. The normalized spacial score (nSPS) is 11.1. The molecule has 2 aromatic rings. The molecular weight excluding hydrogens is 345 g/mol. The first-order valence-corrected chi connectivity index (χ1v) is 8.08. The molecule has 25 heavy (non-hydrogen) atoms. The fraction of sp³-hybridized carbons (Fsp3) is 0.263. The molecule has 1 amide bonds. The zero-order chi connectivity index (χ0) is 18.6. The summed E-state index contributed by atoms with van der Waals surface area (Å²) in [5.41, 5.74) is 1.34. The fourth-order valence-corrected chi connectivity index (χ4v) is 2.39. The van der Waals surface area contributed by atoms with Gasteiger partial charge in [0.2, 0.25) is 0 Å². The van der Waals surface area contributed by atoms with E-state index < -0.39 is 24.3 Å². The molecule has 1 N–H and O–H groups in total. The van der Waals surface area contributed by atoms with Crippen molar-refractivity contribution in [3.8, 4) is 0 Å². The summed E-state index contributed by atoms with van der Waals surface area (Å²) in [4.78, 5) is 23.8. The van der Waals surface area contributed by atoms with Crippen molar-refractivity contribution in [1.29, 1.82) is 0 Å². The third-order valence-corrected chi connectivity index (χ3v) is 3.85. The molecule has 0 aliphatic rings. The van der Waals surface area contributed by atoms with Crippen LogP contribution in [0.1, 0.15) is 36.7 Å². The maximum absolute atomic E-state index is 13.6. The van der Waals surface area contributed by atoms with Gasteiger partial charge in [-0.2, -0.15) is 0 Å². The lowest BCUT2D eigenvalue weighted by Crippen LogP contribution is -2.21. The first-order valence-electron chi connectivity index (χ1n) is 7.70. The summed E-state index contributed by atoms with van der Waals surface area (Å²) >= 11 is 5.78. The molecule has 0 aliphatic carbocycles. The van der Waals surface area contributed by atoms with Crippen LogP contribution in [0, 0.1) is 5.82 Å². The number of hydrogen-bond acceptors (Lipinski definition) is 3. The Morgan fingerprint density at radius 1 is 1.12 bits per heavy atom. The molecule has 0 spiro atoms. The van der Waals surface area contributed by atoms with Crippen LogP contribution < -0.4 is 5.32 Å². The lowest BCUT2D eigenvalue weighted by Gasteiger charge is -2.19. The maximum Gasteiger partial charge on any atom is 0.343 e. The second-order valence-corrected chi connectivity index (χ2v) is 6.96. The molecule has 0 saturated carbocycles. The highest BCUT2D eigenvalue weighted by atomic mass is 35.5. The Labute approximate surface area is 150 Å². The second-order valence-electron chi connectivity index (χ2n) is 6.55. The van der Waals surface area contributed by atoms with Crippen molar-refractivity contribution in [2.24, 2.45) is 0 Å². The molecule has 0 heterocycles. The molecule has 0 aromatic heterocycles. The van der Waals surface area contributed by atoms with Gasteiger partial charge in [-0.1, -0.05) is 50.6 Å². The Kier molecular flexibility index (Phi) is 5.80. The SMILES string of the molecule is CC(C)(C)c1ccc(NC(=O)COC(=O)c2c(F)cccc2Cl)cc1. The van der Waals surface area contributed by atoms with Crippen molar-refractivity contribution in [1.82, 2.24) is 0 Å². The summed E-state index contributed by atoms with van der Waals surface area (Å²) in [6.45, 7) is 5.74. The monoisotopic (exact) mass is 363 g/mol. The quantitative estimate of drug-likeness (QED) is 0.809. The van der Waals surface area contributed by atoms with Gasteiger partial charge in [-0.25, -0.2) is 9.18 Å². The van der Waals surface area contributed by atoms with Gasteiger partial charge in [-0.15, -0.1) is 0 Å². The van der Waals surface area contributed by atoms with Crippen molar-refractivity contribution in [3.05, 3.63) is 64.4 Å². The van der Waals surface area contributed by atoms with Crippen molar-refractivity contribution >= 4 is 29.2 Å². The zero-order valence-corrected chi connectivity index (χ0v) is 15.0. The Hall–Kier alpha value is -2.40. The minimum atomic E-state index is -0.985. The standard InChI is InChI=1S/C19H19ClFNO3/c1-19(2,3)12-7-9-13(10-8-12)22-16(23)11-25-18(24)17-14(20)5-4-6-15(17)21/h4-10H,11H2,1-3H3,(H,22,23). The number of rotatable bonds is 4. The molecule has 0 aliphatic heterocycles. The van der Waals surface area contributed by atoms with E-state index >= 15 is 0 Å². The van der Waals surface area contributed by atoms with Crippen LogP contribution in [0.4, 0.5) is 10.1 Å². The summed E-state index contributed by atoms with van der Waals surface area (Å²) in [7, 11) is 0. The van der Waals surface area contributed by atoms with Gasteiger partial charge in [0.15, 0.2) is 6.61 Å². The molecule has 0 fully saturated rings. The molecule has 0 atom stereocenters. The average Bonchev–Trinajstić information content (AvgIpc) is 2.52. The van der Waals surface area contributed by atoms with Crippen molar-refractivity contribution in [2.45, 2.75) is 26.2 Å². The molecule has 2 rings (SSSR count). The number of benzene rings is 2. The Balaban J connectivity index is 1.94. The lowest BCUT2D eigenvalue weighted by atomic mass is 9.87.